The number of hydrogen-bond donors (Lipinski definition) is 1. The Bertz CT molecular complexity index is 1150. The molecular weight excluding hydrogens is 451 g/mol. The van der Waals surface area contributed by atoms with Gasteiger partial charge in [-0.3, -0.25) is 9.36 Å². The third-order valence-electron chi connectivity index (χ3n) is 5.92. The molecule has 9 nitrogen and oxygen atoms in total. The van der Waals surface area contributed by atoms with Gasteiger partial charge in [-0.15, -0.1) is 0 Å². The van der Waals surface area contributed by atoms with Crippen LogP contribution in [0.15, 0.2) is 17.1 Å². The molecule has 0 radical (unpaired) electrons. The summed E-state index contributed by atoms with van der Waals surface area (Å²) >= 11 is 0. The molecule has 0 aromatic carbocycles. The van der Waals surface area contributed by atoms with Gasteiger partial charge in [0.1, 0.15) is 11.8 Å². The van der Waals surface area contributed by atoms with Crippen LogP contribution in [-0.4, -0.2) is 65.4 Å². The average Bonchev–Trinajstić information content (AvgIpc) is 3.14. The van der Waals surface area contributed by atoms with Gasteiger partial charge >= 0.3 is 6.61 Å². The van der Waals surface area contributed by atoms with Gasteiger partial charge in [-0.05, 0) is 38.2 Å². The summed E-state index contributed by atoms with van der Waals surface area (Å²) in [6.45, 7) is -2.45. The van der Waals surface area contributed by atoms with Crippen LogP contribution in [0.1, 0.15) is 38.1 Å². The maximum Gasteiger partial charge on any atom is 0.387 e. The lowest BCUT2D eigenvalue weighted by Gasteiger charge is -2.30. The number of pyridine rings is 1. The van der Waals surface area contributed by atoms with E-state index in [9.17, 15) is 26.4 Å². The van der Waals surface area contributed by atoms with Crippen LogP contribution in [0, 0.1) is 0 Å². The van der Waals surface area contributed by atoms with Crippen molar-refractivity contribution in [1.82, 2.24) is 18.8 Å². The summed E-state index contributed by atoms with van der Waals surface area (Å²) in [4.78, 5) is 21.5. The number of piperidine rings is 1. The van der Waals surface area contributed by atoms with E-state index in [1.807, 2.05) is 0 Å². The monoisotopic (exact) mass is 475 g/mol. The van der Waals surface area contributed by atoms with E-state index in [-0.39, 0.29) is 30.5 Å². The number of alkyl halides is 3. The van der Waals surface area contributed by atoms with Crippen molar-refractivity contribution in [2.45, 2.75) is 57.0 Å². The van der Waals surface area contributed by atoms with Crippen LogP contribution in [0.3, 0.4) is 0 Å². The molecule has 1 N–H and O–H groups in total. The van der Waals surface area contributed by atoms with Crippen molar-refractivity contribution in [2.75, 3.05) is 24.7 Å². The number of ether oxygens (including phenoxy) is 1. The fourth-order valence-corrected chi connectivity index (χ4v) is 5.21. The highest BCUT2D eigenvalue weighted by Gasteiger charge is 2.30. The van der Waals surface area contributed by atoms with E-state index < -0.39 is 40.2 Å². The van der Waals surface area contributed by atoms with Gasteiger partial charge in [0.05, 0.1) is 6.26 Å². The van der Waals surface area contributed by atoms with Crippen LogP contribution in [0.2, 0.25) is 0 Å². The minimum atomic E-state index is -3.25. The number of nitrogens with one attached hydrogen (secondary N) is 1. The Labute approximate surface area is 182 Å². The molecule has 1 saturated heterocycles. The summed E-state index contributed by atoms with van der Waals surface area (Å²) in [5.74, 6) is -0.312. The Morgan fingerprint density at radius 1 is 1.22 bits per heavy atom. The molecule has 4 rings (SSSR count). The summed E-state index contributed by atoms with van der Waals surface area (Å²) < 4.78 is 69.8. The van der Waals surface area contributed by atoms with E-state index in [2.05, 4.69) is 20.0 Å². The van der Waals surface area contributed by atoms with Crippen LogP contribution in [0.25, 0.3) is 11.0 Å². The van der Waals surface area contributed by atoms with Gasteiger partial charge in [-0.2, -0.15) is 13.8 Å². The summed E-state index contributed by atoms with van der Waals surface area (Å²) in [6.07, 6.45) is 3.32. The molecule has 2 atom stereocenters. The first-order chi connectivity index (χ1) is 15.1. The smallest absolute Gasteiger partial charge is 0.387 e. The topological polar surface area (TPSA) is 106 Å². The molecule has 2 aromatic rings. The SMILES string of the molecule is CS(=O)(=O)N1CCC(Nc2ncc3cc(OC(F)F)c(=O)n(C4CCC(F)C4)c3n2)CC1. The third kappa shape index (κ3) is 4.82. The van der Waals surface area contributed by atoms with Crippen LogP contribution in [0.5, 0.6) is 5.75 Å². The number of fused-ring (bicyclic) bond motifs is 1. The predicted molar refractivity (Wildman–Crippen MR) is 111 cm³/mol. The van der Waals surface area contributed by atoms with Gasteiger partial charge in [0, 0.05) is 36.8 Å². The van der Waals surface area contributed by atoms with E-state index in [0.717, 1.165) is 6.07 Å². The summed E-state index contributed by atoms with van der Waals surface area (Å²) in [7, 11) is -3.25. The number of sulfonamides is 1. The lowest BCUT2D eigenvalue weighted by Crippen LogP contribution is -2.42. The molecule has 32 heavy (non-hydrogen) atoms. The Hall–Kier alpha value is -2.41. The quantitative estimate of drug-likeness (QED) is 0.683. The van der Waals surface area contributed by atoms with Crippen molar-refractivity contribution >= 4 is 27.0 Å². The number of nitrogens with zero attached hydrogens (tertiary/aromatic N) is 4. The molecule has 3 heterocycles. The predicted octanol–water partition coefficient (Wildman–Crippen LogP) is 2.29. The zero-order chi connectivity index (χ0) is 23.0. The number of halogens is 3. The maximum absolute atomic E-state index is 13.8. The van der Waals surface area contributed by atoms with E-state index in [4.69, 9.17) is 0 Å². The molecule has 0 spiro atoms. The third-order valence-corrected chi connectivity index (χ3v) is 7.22. The molecule has 2 aliphatic rings. The van der Waals surface area contributed by atoms with Crippen LogP contribution in [0.4, 0.5) is 19.1 Å². The second kappa shape index (κ2) is 8.85. The van der Waals surface area contributed by atoms with Crippen LogP contribution < -0.4 is 15.6 Å². The lowest BCUT2D eigenvalue weighted by atomic mass is 10.1. The molecule has 0 amide bonds. The molecule has 2 unspecified atom stereocenters. The van der Waals surface area contributed by atoms with Gasteiger partial charge in [0.2, 0.25) is 16.0 Å². The van der Waals surface area contributed by atoms with Crippen LogP contribution in [-0.2, 0) is 10.0 Å². The number of anilines is 1. The van der Waals surface area contributed by atoms with E-state index in [1.165, 1.54) is 21.3 Å². The molecule has 0 bridgehead atoms. The highest BCUT2D eigenvalue weighted by molar-refractivity contribution is 7.88. The fraction of sp³-hybridized carbons (Fsp3) is 0.632. The summed E-state index contributed by atoms with van der Waals surface area (Å²) in [5.41, 5.74) is -0.579. The summed E-state index contributed by atoms with van der Waals surface area (Å²) in [6, 6.07) is 0.562. The molecule has 1 saturated carbocycles. The number of hydrogen-bond acceptors (Lipinski definition) is 7. The van der Waals surface area contributed by atoms with Crippen LogP contribution >= 0.6 is 0 Å². The first-order valence-electron chi connectivity index (χ1n) is 10.3. The van der Waals surface area contributed by atoms with Crippen molar-refractivity contribution < 1.29 is 26.3 Å². The van der Waals surface area contributed by atoms with Gasteiger partial charge < -0.3 is 10.1 Å². The second-order valence-corrected chi connectivity index (χ2v) is 10.2. The van der Waals surface area contributed by atoms with E-state index in [1.54, 1.807) is 0 Å². The Morgan fingerprint density at radius 2 is 1.94 bits per heavy atom. The Balaban J connectivity index is 1.65. The maximum atomic E-state index is 13.8. The van der Waals surface area contributed by atoms with E-state index >= 15 is 0 Å². The van der Waals surface area contributed by atoms with E-state index in [0.29, 0.717) is 37.7 Å². The van der Waals surface area contributed by atoms with Crippen molar-refractivity contribution in [1.29, 1.82) is 0 Å². The van der Waals surface area contributed by atoms with Crippen molar-refractivity contribution in [3.05, 3.63) is 22.6 Å². The van der Waals surface area contributed by atoms with Gasteiger partial charge in [0.25, 0.3) is 5.56 Å². The average molecular weight is 475 g/mol. The van der Waals surface area contributed by atoms with Gasteiger partial charge in [-0.1, -0.05) is 0 Å². The molecule has 1 aliphatic heterocycles. The minimum absolute atomic E-state index is 0.0752. The summed E-state index contributed by atoms with van der Waals surface area (Å²) in [5, 5.41) is 3.47. The zero-order valence-electron chi connectivity index (χ0n) is 17.4. The van der Waals surface area contributed by atoms with Crippen molar-refractivity contribution in [2.24, 2.45) is 0 Å². The zero-order valence-corrected chi connectivity index (χ0v) is 18.2. The molecule has 2 aromatic heterocycles. The standard InChI is InChI=1S/C19H24F3N5O4S/c1-32(29,30)26-6-4-13(5-7-26)24-19-23-10-11-8-15(31-18(21)22)17(28)27(16(11)25-19)14-3-2-12(20)9-14/h8,10,12-14,18H,2-7,9H2,1H3,(H,23,24,25). The highest BCUT2D eigenvalue weighted by atomic mass is 32.2. The molecule has 2 fully saturated rings. The second-order valence-electron chi connectivity index (χ2n) is 8.18. The van der Waals surface area contributed by atoms with Crippen molar-refractivity contribution in [3.63, 3.8) is 0 Å². The number of rotatable bonds is 6. The largest absolute Gasteiger partial charge is 0.429 e. The highest BCUT2D eigenvalue weighted by Crippen LogP contribution is 2.33. The Kier molecular flexibility index (Phi) is 6.30. The molecule has 1 aliphatic carbocycles. The lowest BCUT2D eigenvalue weighted by molar-refractivity contribution is -0.0510. The molecule has 13 heteroatoms. The first kappa shape index (κ1) is 22.8. The minimum Gasteiger partial charge on any atom is -0.429 e. The van der Waals surface area contributed by atoms with Crippen molar-refractivity contribution in [3.8, 4) is 5.75 Å². The van der Waals surface area contributed by atoms with Gasteiger partial charge in [-0.25, -0.2) is 22.1 Å². The Morgan fingerprint density at radius 3 is 2.53 bits per heavy atom. The first-order valence-corrected chi connectivity index (χ1v) is 12.2. The molecule has 176 valence electrons. The van der Waals surface area contributed by atoms with Gasteiger partial charge in [0.15, 0.2) is 5.75 Å². The fourth-order valence-electron chi connectivity index (χ4n) is 4.34. The normalized spacial score (nSPS) is 23.2. The molecular formula is C19H24F3N5O4S. The number of aromatic nitrogens is 3.